The molecule has 0 aromatic heterocycles. The van der Waals surface area contributed by atoms with Crippen molar-refractivity contribution in [1.82, 2.24) is 4.90 Å². The van der Waals surface area contributed by atoms with E-state index in [0.717, 1.165) is 30.4 Å². The lowest BCUT2D eigenvalue weighted by atomic mass is 10.1. The molecule has 0 bridgehead atoms. The monoisotopic (exact) mass is 285 g/mol. The number of allylic oxidation sites excluding steroid dienone is 3. The Morgan fingerprint density at radius 2 is 1.84 bits per heavy atom. The summed E-state index contributed by atoms with van der Waals surface area (Å²) in [5, 5.41) is 0.755. The fourth-order valence-corrected chi connectivity index (χ4v) is 2.72. The third-order valence-electron chi connectivity index (χ3n) is 3.69. The minimum absolute atomic E-state index is 0.733. The predicted molar refractivity (Wildman–Crippen MR) is 83.5 cm³/mol. The minimum atomic E-state index is 0.733. The van der Waals surface area contributed by atoms with E-state index in [2.05, 4.69) is 17.9 Å². The van der Waals surface area contributed by atoms with Crippen molar-refractivity contribution < 1.29 is 4.74 Å². The number of halogens is 1. The molecule has 1 heterocycles. The predicted octanol–water partition coefficient (Wildman–Crippen LogP) is 4.71. The fourth-order valence-electron chi connectivity index (χ4n) is 2.55. The molecule has 0 atom stereocenters. The topological polar surface area (TPSA) is 12.5 Å². The second-order valence-corrected chi connectivity index (χ2v) is 5.70. The molecule has 1 aliphatic rings. The molecule has 1 aliphatic heterocycles. The van der Waals surface area contributed by atoms with Crippen LogP contribution in [0.5, 0.6) is 0 Å². The highest BCUT2D eigenvalue weighted by Gasteiger charge is 2.11. The van der Waals surface area contributed by atoms with Crippen LogP contribution in [0.25, 0.3) is 0 Å². The molecule has 0 N–H and O–H groups in total. The van der Waals surface area contributed by atoms with Gasteiger partial charge in [-0.2, -0.15) is 0 Å². The van der Waals surface area contributed by atoms with Crippen molar-refractivity contribution in [2.24, 2.45) is 0 Å². The molecule has 1 fully saturated rings. The number of hydrogen-bond acceptors (Lipinski definition) is 2. The molecule has 1 rings (SSSR count). The Labute approximate surface area is 123 Å². The number of hydrogen-bond donors (Lipinski definition) is 0. The lowest BCUT2D eigenvalue weighted by molar-refractivity contribution is 0.162. The molecule has 0 amide bonds. The molecule has 19 heavy (non-hydrogen) atoms. The highest BCUT2D eigenvalue weighted by Crippen LogP contribution is 2.21. The summed E-state index contributed by atoms with van der Waals surface area (Å²) in [6.07, 6.45) is 8.45. The summed E-state index contributed by atoms with van der Waals surface area (Å²) >= 11 is 6.14. The van der Waals surface area contributed by atoms with E-state index >= 15 is 0 Å². The van der Waals surface area contributed by atoms with Crippen LogP contribution in [-0.4, -0.2) is 31.1 Å². The lowest BCUT2D eigenvalue weighted by Crippen LogP contribution is -2.28. The molecule has 3 heteroatoms. The Bertz CT molecular complexity index is 311. The van der Waals surface area contributed by atoms with Gasteiger partial charge in [-0.25, -0.2) is 0 Å². The number of likely N-dealkylation sites (tertiary alicyclic amines) is 1. The molecule has 0 aromatic carbocycles. The molecule has 0 saturated carbocycles. The Balaban J connectivity index is 2.42. The van der Waals surface area contributed by atoms with Gasteiger partial charge in [0.15, 0.2) is 0 Å². The summed E-state index contributed by atoms with van der Waals surface area (Å²) in [6, 6.07) is 0. The van der Waals surface area contributed by atoms with Crippen LogP contribution in [0.15, 0.2) is 22.4 Å². The van der Waals surface area contributed by atoms with Crippen LogP contribution in [0.3, 0.4) is 0 Å². The van der Waals surface area contributed by atoms with E-state index in [1.54, 1.807) is 0 Å². The smallest absolute Gasteiger partial charge is 0.136 e. The number of nitrogens with zero attached hydrogens (tertiary/aromatic N) is 1. The highest BCUT2D eigenvalue weighted by molar-refractivity contribution is 6.29. The van der Waals surface area contributed by atoms with Crippen molar-refractivity contribution in [2.75, 3.05) is 26.2 Å². The zero-order chi connectivity index (χ0) is 14.1. The summed E-state index contributed by atoms with van der Waals surface area (Å²) in [7, 11) is 0. The first-order chi connectivity index (χ1) is 9.19. The summed E-state index contributed by atoms with van der Waals surface area (Å²) < 4.78 is 5.93. The molecule has 0 spiro atoms. The molecule has 1 saturated heterocycles. The first kappa shape index (κ1) is 16.6. The van der Waals surface area contributed by atoms with Crippen molar-refractivity contribution in [3.05, 3.63) is 22.4 Å². The van der Waals surface area contributed by atoms with Gasteiger partial charge in [0, 0.05) is 6.54 Å². The SMILES string of the molecule is CC=C(CC)C(OCCN1CCCCCC1)=C(C)Cl. The molecule has 0 unspecified atom stereocenters. The van der Waals surface area contributed by atoms with E-state index in [4.69, 9.17) is 16.3 Å². The van der Waals surface area contributed by atoms with Crippen LogP contribution >= 0.6 is 11.6 Å². The standard InChI is InChI=1S/C16H28ClNO/c1-4-15(5-2)16(14(3)17)19-13-12-18-10-8-6-7-9-11-18/h4H,5-13H2,1-3H3. The van der Waals surface area contributed by atoms with Crippen LogP contribution in [0, 0.1) is 0 Å². The fraction of sp³-hybridized carbons (Fsp3) is 0.750. The van der Waals surface area contributed by atoms with Crippen molar-refractivity contribution >= 4 is 11.6 Å². The number of ether oxygens (including phenoxy) is 1. The van der Waals surface area contributed by atoms with Crippen molar-refractivity contribution in [1.29, 1.82) is 0 Å². The maximum atomic E-state index is 6.14. The van der Waals surface area contributed by atoms with Crippen LogP contribution < -0.4 is 0 Å². The van der Waals surface area contributed by atoms with Crippen molar-refractivity contribution in [3.63, 3.8) is 0 Å². The van der Waals surface area contributed by atoms with Gasteiger partial charge in [-0.05, 0) is 51.8 Å². The normalized spacial score (nSPS) is 19.9. The third kappa shape index (κ3) is 6.01. The molecule has 0 aromatic rings. The van der Waals surface area contributed by atoms with Gasteiger partial charge in [0.2, 0.25) is 0 Å². The first-order valence-electron chi connectivity index (χ1n) is 7.56. The second kappa shape index (κ2) is 9.44. The summed E-state index contributed by atoms with van der Waals surface area (Å²) in [5.41, 5.74) is 1.20. The molecule has 2 nitrogen and oxygen atoms in total. The highest BCUT2D eigenvalue weighted by atomic mass is 35.5. The Kier molecular flexibility index (Phi) is 8.24. The van der Waals surface area contributed by atoms with Gasteiger partial charge in [0.25, 0.3) is 0 Å². The average molecular weight is 286 g/mol. The van der Waals surface area contributed by atoms with Gasteiger partial charge < -0.3 is 4.74 Å². The molecular weight excluding hydrogens is 258 g/mol. The van der Waals surface area contributed by atoms with Crippen molar-refractivity contribution in [3.8, 4) is 0 Å². The molecular formula is C16H28ClNO. The van der Waals surface area contributed by atoms with E-state index in [1.165, 1.54) is 44.3 Å². The Morgan fingerprint density at radius 1 is 1.21 bits per heavy atom. The van der Waals surface area contributed by atoms with Gasteiger partial charge in [-0.1, -0.05) is 37.4 Å². The minimum Gasteiger partial charge on any atom is -0.491 e. The van der Waals surface area contributed by atoms with Gasteiger partial charge in [-0.15, -0.1) is 0 Å². The Hall–Kier alpha value is -0.470. The summed E-state index contributed by atoms with van der Waals surface area (Å²) in [4.78, 5) is 2.51. The van der Waals surface area contributed by atoms with E-state index in [0.29, 0.717) is 0 Å². The summed E-state index contributed by atoms with van der Waals surface area (Å²) in [6.45, 7) is 10.2. The maximum absolute atomic E-state index is 6.14. The van der Waals surface area contributed by atoms with Crippen LogP contribution in [0.2, 0.25) is 0 Å². The first-order valence-corrected chi connectivity index (χ1v) is 7.94. The van der Waals surface area contributed by atoms with Crippen molar-refractivity contribution in [2.45, 2.75) is 52.9 Å². The molecule has 0 aliphatic carbocycles. The quantitative estimate of drug-likeness (QED) is 0.518. The van der Waals surface area contributed by atoms with E-state index < -0.39 is 0 Å². The summed E-state index contributed by atoms with van der Waals surface area (Å²) in [5.74, 6) is 0.876. The Morgan fingerprint density at radius 3 is 2.32 bits per heavy atom. The lowest BCUT2D eigenvalue weighted by Gasteiger charge is -2.21. The van der Waals surface area contributed by atoms with Crippen LogP contribution in [0.1, 0.15) is 52.9 Å². The van der Waals surface area contributed by atoms with E-state index in [1.807, 2.05) is 13.8 Å². The zero-order valence-corrected chi connectivity index (χ0v) is 13.4. The van der Waals surface area contributed by atoms with Gasteiger partial charge in [-0.3, -0.25) is 4.90 Å². The van der Waals surface area contributed by atoms with Gasteiger partial charge in [0.05, 0.1) is 5.03 Å². The van der Waals surface area contributed by atoms with E-state index in [-0.39, 0.29) is 0 Å². The average Bonchev–Trinajstić information content (AvgIpc) is 2.66. The van der Waals surface area contributed by atoms with Crippen LogP contribution in [-0.2, 0) is 4.74 Å². The van der Waals surface area contributed by atoms with E-state index in [9.17, 15) is 0 Å². The molecule has 110 valence electrons. The largest absolute Gasteiger partial charge is 0.491 e. The second-order valence-electron chi connectivity index (χ2n) is 5.13. The zero-order valence-electron chi connectivity index (χ0n) is 12.7. The number of rotatable bonds is 6. The van der Waals surface area contributed by atoms with Crippen LogP contribution in [0.4, 0.5) is 0 Å². The van der Waals surface area contributed by atoms with Gasteiger partial charge in [0.1, 0.15) is 12.4 Å². The van der Waals surface area contributed by atoms with Gasteiger partial charge >= 0.3 is 0 Å². The third-order valence-corrected chi connectivity index (χ3v) is 3.86. The maximum Gasteiger partial charge on any atom is 0.136 e. The molecule has 0 radical (unpaired) electrons.